The first-order valence-electron chi connectivity index (χ1n) is 14.9. The number of rotatable bonds is 14. The number of alkyl carbamates (subject to hydrolysis) is 1. The second kappa shape index (κ2) is 15.0. The second-order valence-electron chi connectivity index (χ2n) is 11.2. The van der Waals surface area contributed by atoms with Crippen molar-refractivity contribution in [2.24, 2.45) is 11.7 Å². The van der Waals surface area contributed by atoms with Gasteiger partial charge in [-0.25, -0.2) is 9.59 Å². The molecule has 45 heavy (non-hydrogen) atoms. The van der Waals surface area contributed by atoms with Crippen molar-refractivity contribution in [1.82, 2.24) is 16.0 Å². The molecule has 0 saturated carbocycles. The van der Waals surface area contributed by atoms with Gasteiger partial charge in [0.2, 0.25) is 17.7 Å². The lowest BCUT2D eigenvalue weighted by molar-refractivity contribution is -0.144. The molecule has 11 heteroatoms. The van der Waals surface area contributed by atoms with Gasteiger partial charge in [-0.05, 0) is 33.7 Å². The Balaban J connectivity index is 1.49. The van der Waals surface area contributed by atoms with Crippen LogP contribution in [0.15, 0.2) is 78.9 Å². The summed E-state index contributed by atoms with van der Waals surface area (Å²) in [6, 6.07) is 21.1. The fourth-order valence-electron chi connectivity index (χ4n) is 5.46. The molecule has 0 radical (unpaired) electrons. The molecule has 1 aliphatic carbocycles. The monoisotopic (exact) mass is 614 g/mol. The highest BCUT2D eigenvalue weighted by Gasteiger charge is 2.34. The van der Waals surface area contributed by atoms with E-state index in [1.807, 2.05) is 61.5 Å². The lowest BCUT2D eigenvalue weighted by Gasteiger charge is -2.27. The summed E-state index contributed by atoms with van der Waals surface area (Å²) in [4.78, 5) is 62.9. The van der Waals surface area contributed by atoms with Crippen LogP contribution in [0.3, 0.4) is 0 Å². The van der Waals surface area contributed by atoms with Crippen molar-refractivity contribution in [3.63, 3.8) is 0 Å². The fraction of sp³-hybridized carbons (Fsp3) is 0.324. The van der Waals surface area contributed by atoms with E-state index in [1.54, 1.807) is 31.2 Å². The summed E-state index contributed by atoms with van der Waals surface area (Å²) < 4.78 is 5.68. The standard InChI is InChI=1S/C34H38N4O7/c1-3-20(2)30(32(41)36-28(33(42)43)18-29(35)39)38-31(40)27(17-21-11-5-4-6-12-21)37-34(44)45-19-26-24-15-9-7-13-22(24)23-14-8-10-16-25(23)26/h4-16,20,26-28,30H,3,17-19H2,1-2H3,(H2,35,39)(H,36,41)(H,37,44)(H,38,40)(H,42,43)/t20-,27-,28-,30-/m0/s1. The topological polar surface area (TPSA) is 177 Å². The number of benzene rings is 3. The molecule has 11 nitrogen and oxygen atoms in total. The van der Waals surface area contributed by atoms with Crippen molar-refractivity contribution < 1.29 is 33.8 Å². The summed E-state index contributed by atoms with van der Waals surface area (Å²) in [6.45, 7) is 3.58. The number of primary amides is 1. The first-order chi connectivity index (χ1) is 21.6. The van der Waals surface area contributed by atoms with Gasteiger partial charge >= 0.3 is 12.1 Å². The van der Waals surface area contributed by atoms with E-state index in [2.05, 4.69) is 16.0 Å². The number of nitrogens with one attached hydrogen (secondary N) is 3. The van der Waals surface area contributed by atoms with E-state index in [0.717, 1.165) is 27.8 Å². The normalized spacial score (nSPS) is 14.5. The summed E-state index contributed by atoms with van der Waals surface area (Å²) in [5.74, 6) is -4.37. The number of carboxylic acid groups (broad SMARTS) is 1. The van der Waals surface area contributed by atoms with E-state index in [-0.39, 0.29) is 18.9 Å². The first-order valence-corrected chi connectivity index (χ1v) is 14.9. The number of amides is 4. The highest BCUT2D eigenvalue weighted by Crippen LogP contribution is 2.44. The van der Waals surface area contributed by atoms with E-state index in [4.69, 9.17) is 10.5 Å². The molecule has 236 valence electrons. The van der Waals surface area contributed by atoms with Crippen LogP contribution >= 0.6 is 0 Å². The van der Waals surface area contributed by atoms with E-state index >= 15 is 0 Å². The lowest BCUT2D eigenvalue weighted by Crippen LogP contribution is -2.58. The van der Waals surface area contributed by atoms with Crippen molar-refractivity contribution >= 4 is 29.8 Å². The highest BCUT2D eigenvalue weighted by atomic mass is 16.5. The number of ether oxygens (including phenoxy) is 1. The van der Waals surface area contributed by atoms with Crippen LogP contribution in [0.5, 0.6) is 0 Å². The molecule has 4 atom stereocenters. The van der Waals surface area contributed by atoms with Crippen molar-refractivity contribution in [1.29, 1.82) is 0 Å². The molecule has 3 aromatic carbocycles. The Morgan fingerprint density at radius 3 is 1.93 bits per heavy atom. The Morgan fingerprint density at radius 2 is 1.38 bits per heavy atom. The average molecular weight is 615 g/mol. The fourth-order valence-corrected chi connectivity index (χ4v) is 5.46. The van der Waals surface area contributed by atoms with Gasteiger partial charge in [0.15, 0.2) is 0 Å². The van der Waals surface area contributed by atoms with Crippen LogP contribution in [0.1, 0.15) is 49.3 Å². The second-order valence-corrected chi connectivity index (χ2v) is 11.2. The molecule has 0 aliphatic heterocycles. The zero-order chi connectivity index (χ0) is 32.5. The van der Waals surface area contributed by atoms with Crippen molar-refractivity contribution in [2.45, 2.75) is 57.2 Å². The molecule has 0 bridgehead atoms. The summed E-state index contributed by atoms with van der Waals surface area (Å²) in [5, 5.41) is 17.1. The maximum Gasteiger partial charge on any atom is 0.407 e. The maximum atomic E-state index is 13.7. The van der Waals surface area contributed by atoms with E-state index in [1.165, 1.54) is 0 Å². The first kappa shape index (κ1) is 32.7. The summed E-state index contributed by atoms with van der Waals surface area (Å²) in [7, 11) is 0. The van der Waals surface area contributed by atoms with E-state index in [9.17, 15) is 29.1 Å². The number of hydrogen-bond donors (Lipinski definition) is 5. The summed E-state index contributed by atoms with van der Waals surface area (Å²) >= 11 is 0. The molecule has 0 spiro atoms. The Hall–Kier alpha value is -5.19. The van der Waals surface area contributed by atoms with Crippen LogP contribution in [-0.4, -0.2) is 59.6 Å². The summed E-state index contributed by atoms with van der Waals surface area (Å²) in [6.07, 6.45) is -0.840. The van der Waals surface area contributed by atoms with Gasteiger partial charge in [-0.15, -0.1) is 0 Å². The van der Waals surface area contributed by atoms with Crippen molar-refractivity contribution in [2.75, 3.05) is 6.61 Å². The minimum absolute atomic E-state index is 0.0495. The van der Waals surface area contributed by atoms with Crippen LogP contribution in [0.4, 0.5) is 4.79 Å². The Kier molecular flexibility index (Phi) is 10.9. The number of fused-ring (bicyclic) bond motifs is 3. The third kappa shape index (κ3) is 8.26. The quantitative estimate of drug-likeness (QED) is 0.185. The molecule has 4 rings (SSSR count). The van der Waals surface area contributed by atoms with Crippen LogP contribution in [-0.2, 0) is 30.3 Å². The Morgan fingerprint density at radius 1 is 0.800 bits per heavy atom. The van der Waals surface area contributed by atoms with Crippen molar-refractivity contribution in [3.8, 4) is 11.1 Å². The molecule has 0 saturated heterocycles. The number of aliphatic carboxylic acids is 1. The van der Waals surface area contributed by atoms with Gasteiger partial charge < -0.3 is 31.5 Å². The van der Waals surface area contributed by atoms with Gasteiger partial charge in [0.25, 0.3) is 0 Å². The van der Waals surface area contributed by atoms with Crippen LogP contribution in [0.25, 0.3) is 11.1 Å². The third-order valence-corrected chi connectivity index (χ3v) is 8.05. The molecule has 0 unspecified atom stereocenters. The molecule has 4 amide bonds. The predicted molar refractivity (Wildman–Crippen MR) is 167 cm³/mol. The van der Waals surface area contributed by atoms with Gasteiger partial charge in [0.1, 0.15) is 24.7 Å². The summed E-state index contributed by atoms with van der Waals surface area (Å²) in [5.41, 5.74) is 10.2. The van der Waals surface area contributed by atoms with Gasteiger partial charge in [-0.2, -0.15) is 0 Å². The molecule has 1 aliphatic rings. The lowest BCUT2D eigenvalue weighted by atomic mass is 9.96. The van der Waals surface area contributed by atoms with Crippen LogP contribution < -0.4 is 21.7 Å². The third-order valence-electron chi connectivity index (χ3n) is 8.05. The Labute approximate surface area is 261 Å². The average Bonchev–Trinajstić information content (AvgIpc) is 3.35. The zero-order valence-corrected chi connectivity index (χ0v) is 25.2. The minimum atomic E-state index is -1.56. The number of nitrogens with two attached hydrogens (primary N) is 1. The number of carboxylic acids is 1. The van der Waals surface area contributed by atoms with E-state index < -0.39 is 60.2 Å². The van der Waals surface area contributed by atoms with Gasteiger partial charge in [0.05, 0.1) is 6.42 Å². The van der Waals surface area contributed by atoms with Crippen LogP contribution in [0.2, 0.25) is 0 Å². The maximum absolute atomic E-state index is 13.7. The molecular formula is C34H38N4O7. The number of hydrogen-bond acceptors (Lipinski definition) is 6. The number of carbonyl (C=O) groups is 5. The zero-order valence-electron chi connectivity index (χ0n) is 25.2. The van der Waals surface area contributed by atoms with Gasteiger partial charge in [-0.1, -0.05) is 99.1 Å². The van der Waals surface area contributed by atoms with Gasteiger partial charge in [-0.3, -0.25) is 14.4 Å². The molecule has 3 aromatic rings. The van der Waals surface area contributed by atoms with Crippen molar-refractivity contribution in [3.05, 3.63) is 95.6 Å². The van der Waals surface area contributed by atoms with Gasteiger partial charge in [0, 0.05) is 12.3 Å². The predicted octanol–water partition coefficient (Wildman–Crippen LogP) is 3.11. The number of carbonyl (C=O) groups excluding carboxylic acids is 4. The minimum Gasteiger partial charge on any atom is -0.480 e. The molecule has 0 heterocycles. The molecule has 0 aromatic heterocycles. The molecular weight excluding hydrogens is 576 g/mol. The van der Waals surface area contributed by atoms with Crippen LogP contribution in [0, 0.1) is 5.92 Å². The highest BCUT2D eigenvalue weighted by molar-refractivity contribution is 5.94. The molecule has 0 fully saturated rings. The smallest absolute Gasteiger partial charge is 0.407 e. The van der Waals surface area contributed by atoms with E-state index in [0.29, 0.717) is 6.42 Å². The Bertz CT molecular complexity index is 1500. The molecule has 6 N–H and O–H groups in total. The largest absolute Gasteiger partial charge is 0.480 e. The SMILES string of the molecule is CC[C@H](C)[C@H](NC(=O)[C@H](Cc1ccccc1)NC(=O)OCC1c2ccccc2-c2ccccc21)C(=O)N[C@@H](CC(N)=O)C(=O)O.